The van der Waals surface area contributed by atoms with Gasteiger partial charge in [-0.15, -0.1) is 0 Å². The fourth-order valence-electron chi connectivity index (χ4n) is 2.76. The van der Waals surface area contributed by atoms with Gasteiger partial charge in [0.15, 0.2) is 35.4 Å². The lowest BCUT2D eigenvalue weighted by atomic mass is 10.1. The Morgan fingerprint density at radius 2 is 1.83 bits per heavy atom. The van der Waals surface area contributed by atoms with E-state index in [4.69, 9.17) is 23.7 Å². The molecule has 7 nitrogen and oxygen atoms in total. The maximum absolute atomic E-state index is 12.5. The molecule has 0 atom stereocenters. The van der Waals surface area contributed by atoms with Crippen molar-refractivity contribution in [3.8, 4) is 23.0 Å². The van der Waals surface area contributed by atoms with Crippen molar-refractivity contribution in [1.29, 1.82) is 0 Å². The van der Waals surface area contributed by atoms with E-state index in [0.717, 1.165) is 6.42 Å². The molecule has 0 spiro atoms. The average Bonchev–Trinajstić information content (AvgIpc) is 2.97. The first kappa shape index (κ1) is 21.0. The molecular formula is C21H21BrO7. The summed E-state index contributed by atoms with van der Waals surface area (Å²) in [5.41, 5.74) is 0.621. The van der Waals surface area contributed by atoms with E-state index in [0.29, 0.717) is 52.9 Å². The number of hydrogen-bond acceptors (Lipinski definition) is 7. The van der Waals surface area contributed by atoms with Crippen molar-refractivity contribution >= 4 is 27.7 Å². The fraction of sp³-hybridized carbons (Fsp3) is 0.333. The molecule has 29 heavy (non-hydrogen) atoms. The predicted octanol–water partition coefficient (Wildman–Crippen LogP) is 4.06. The Labute approximate surface area is 177 Å². The summed E-state index contributed by atoms with van der Waals surface area (Å²) in [7, 11) is 1.48. The van der Waals surface area contributed by atoms with Gasteiger partial charge in [-0.25, -0.2) is 4.79 Å². The standard InChI is InChI=1S/C21H21BrO7/c1-3-26-20-15(22)9-14(11-19(20)25-2)21(24)29-12-16(23)13-5-6-17-18(10-13)28-8-4-7-27-17/h5-6,9-11H,3-4,7-8,12H2,1-2H3. The molecule has 0 N–H and O–H groups in total. The smallest absolute Gasteiger partial charge is 0.338 e. The Hall–Kier alpha value is -2.74. The lowest BCUT2D eigenvalue weighted by Crippen LogP contribution is -2.14. The van der Waals surface area contributed by atoms with Crippen LogP contribution in [0.2, 0.25) is 0 Å². The molecule has 0 aliphatic carbocycles. The highest BCUT2D eigenvalue weighted by Crippen LogP contribution is 2.37. The van der Waals surface area contributed by atoms with E-state index in [9.17, 15) is 9.59 Å². The first-order valence-electron chi connectivity index (χ1n) is 9.13. The van der Waals surface area contributed by atoms with E-state index in [-0.39, 0.29) is 11.3 Å². The van der Waals surface area contributed by atoms with Crippen molar-refractivity contribution in [3.63, 3.8) is 0 Å². The van der Waals surface area contributed by atoms with Crippen LogP contribution in [0.1, 0.15) is 34.1 Å². The van der Waals surface area contributed by atoms with Crippen molar-refractivity contribution in [2.24, 2.45) is 0 Å². The van der Waals surface area contributed by atoms with Crippen molar-refractivity contribution in [2.75, 3.05) is 33.5 Å². The molecule has 2 aromatic rings. The number of Topliss-reactive ketones (excluding diaryl/α,β-unsaturated/α-hetero) is 1. The van der Waals surface area contributed by atoms with Gasteiger partial charge in [0.25, 0.3) is 0 Å². The second-order valence-electron chi connectivity index (χ2n) is 6.13. The van der Waals surface area contributed by atoms with Gasteiger partial charge in [-0.1, -0.05) is 0 Å². The summed E-state index contributed by atoms with van der Waals surface area (Å²) in [4.78, 5) is 24.9. The van der Waals surface area contributed by atoms with E-state index < -0.39 is 12.6 Å². The summed E-state index contributed by atoms with van der Waals surface area (Å²) < 4.78 is 27.7. The minimum Gasteiger partial charge on any atom is -0.493 e. The van der Waals surface area contributed by atoms with Crippen molar-refractivity contribution in [2.45, 2.75) is 13.3 Å². The minimum atomic E-state index is -0.644. The Balaban J connectivity index is 1.68. The zero-order valence-corrected chi connectivity index (χ0v) is 17.7. The molecule has 1 aliphatic heterocycles. The summed E-state index contributed by atoms with van der Waals surface area (Å²) in [6, 6.07) is 7.99. The monoisotopic (exact) mass is 464 g/mol. The molecule has 0 unspecified atom stereocenters. The number of methoxy groups -OCH3 is 1. The number of rotatable bonds is 7. The SMILES string of the molecule is CCOc1c(Br)cc(C(=O)OCC(=O)c2ccc3c(c2)OCCCO3)cc1OC. The number of hydrogen-bond donors (Lipinski definition) is 0. The van der Waals surface area contributed by atoms with Crippen molar-refractivity contribution in [1.82, 2.24) is 0 Å². The van der Waals surface area contributed by atoms with Crippen LogP contribution in [0.25, 0.3) is 0 Å². The molecule has 0 aromatic heterocycles. The van der Waals surface area contributed by atoms with E-state index >= 15 is 0 Å². The fourth-order valence-corrected chi connectivity index (χ4v) is 3.31. The summed E-state index contributed by atoms with van der Waals surface area (Å²) in [6.45, 7) is 2.99. The highest BCUT2D eigenvalue weighted by molar-refractivity contribution is 9.10. The Morgan fingerprint density at radius 3 is 2.55 bits per heavy atom. The molecule has 3 rings (SSSR count). The maximum Gasteiger partial charge on any atom is 0.338 e. The van der Waals surface area contributed by atoms with Crippen LogP contribution in [0.15, 0.2) is 34.8 Å². The van der Waals surface area contributed by atoms with Gasteiger partial charge in [0.05, 0.1) is 37.0 Å². The zero-order chi connectivity index (χ0) is 20.8. The third-order valence-corrected chi connectivity index (χ3v) is 4.75. The molecule has 0 amide bonds. The highest BCUT2D eigenvalue weighted by atomic mass is 79.9. The van der Waals surface area contributed by atoms with Crippen LogP contribution in [-0.4, -0.2) is 45.3 Å². The highest BCUT2D eigenvalue weighted by Gasteiger charge is 2.19. The maximum atomic E-state index is 12.5. The van der Waals surface area contributed by atoms with E-state index in [2.05, 4.69) is 15.9 Å². The van der Waals surface area contributed by atoms with Crippen LogP contribution in [0.5, 0.6) is 23.0 Å². The Morgan fingerprint density at radius 1 is 1.07 bits per heavy atom. The van der Waals surface area contributed by atoms with E-state index in [1.807, 2.05) is 6.92 Å². The second-order valence-corrected chi connectivity index (χ2v) is 6.99. The number of esters is 1. The molecular weight excluding hydrogens is 444 g/mol. The number of ether oxygens (including phenoxy) is 5. The number of benzene rings is 2. The van der Waals surface area contributed by atoms with Gasteiger partial charge >= 0.3 is 5.97 Å². The average molecular weight is 465 g/mol. The number of halogens is 1. The molecule has 0 saturated carbocycles. The summed E-state index contributed by atoms with van der Waals surface area (Å²) >= 11 is 3.36. The molecule has 1 heterocycles. The molecule has 0 saturated heterocycles. The summed E-state index contributed by atoms with van der Waals surface area (Å²) in [5.74, 6) is 1.01. The number of ketones is 1. The zero-order valence-electron chi connectivity index (χ0n) is 16.2. The van der Waals surface area contributed by atoms with Gasteiger partial charge in [0.1, 0.15) is 0 Å². The quantitative estimate of drug-likeness (QED) is 0.451. The van der Waals surface area contributed by atoms with Gasteiger partial charge in [-0.2, -0.15) is 0 Å². The van der Waals surface area contributed by atoms with Gasteiger partial charge in [0, 0.05) is 12.0 Å². The number of carbonyl (C=O) groups excluding carboxylic acids is 2. The molecule has 0 fully saturated rings. The number of fused-ring (bicyclic) bond motifs is 1. The lowest BCUT2D eigenvalue weighted by molar-refractivity contribution is 0.0474. The van der Waals surface area contributed by atoms with Crippen molar-refractivity contribution < 1.29 is 33.3 Å². The topological polar surface area (TPSA) is 80.3 Å². The summed E-state index contributed by atoms with van der Waals surface area (Å²) in [5, 5.41) is 0. The van der Waals surface area contributed by atoms with E-state index in [1.54, 1.807) is 24.3 Å². The van der Waals surface area contributed by atoms with Crippen LogP contribution in [-0.2, 0) is 4.74 Å². The Bertz CT molecular complexity index is 910. The minimum absolute atomic E-state index is 0.239. The van der Waals surface area contributed by atoms with Gasteiger partial charge in [-0.3, -0.25) is 4.79 Å². The molecule has 2 aromatic carbocycles. The van der Waals surface area contributed by atoms with Crippen LogP contribution in [0, 0.1) is 0 Å². The first-order valence-corrected chi connectivity index (χ1v) is 9.93. The van der Waals surface area contributed by atoms with Crippen LogP contribution in [0.4, 0.5) is 0 Å². The third-order valence-electron chi connectivity index (χ3n) is 4.16. The molecule has 154 valence electrons. The molecule has 0 bridgehead atoms. The molecule has 8 heteroatoms. The second kappa shape index (κ2) is 9.65. The van der Waals surface area contributed by atoms with Crippen LogP contribution < -0.4 is 18.9 Å². The van der Waals surface area contributed by atoms with Gasteiger partial charge in [-0.05, 0) is 53.2 Å². The molecule has 0 radical (unpaired) electrons. The predicted molar refractivity (Wildman–Crippen MR) is 109 cm³/mol. The van der Waals surface area contributed by atoms with Crippen LogP contribution in [0.3, 0.4) is 0 Å². The van der Waals surface area contributed by atoms with Gasteiger partial charge in [0.2, 0.25) is 0 Å². The normalized spacial score (nSPS) is 12.7. The lowest BCUT2D eigenvalue weighted by Gasteiger charge is -2.13. The van der Waals surface area contributed by atoms with E-state index in [1.165, 1.54) is 13.2 Å². The number of carbonyl (C=O) groups is 2. The van der Waals surface area contributed by atoms with Crippen LogP contribution >= 0.6 is 15.9 Å². The van der Waals surface area contributed by atoms with Crippen molar-refractivity contribution in [3.05, 3.63) is 45.9 Å². The largest absolute Gasteiger partial charge is 0.493 e. The Kier molecular flexibility index (Phi) is 6.98. The third kappa shape index (κ3) is 5.00. The molecule has 1 aliphatic rings. The first-order chi connectivity index (χ1) is 14.0. The summed E-state index contributed by atoms with van der Waals surface area (Å²) in [6.07, 6.45) is 0.774. The van der Waals surface area contributed by atoms with Gasteiger partial charge < -0.3 is 23.7 Å².